The summed E-state index contributed by atoms with van der Waals surface area (Å²) >= 11 is 3.36. The van der Waals surface area contributed by atoms with E-state index in [0.29, 0.717) is 18.8 Å². The number of hydrogen-bond acceptors (Lipinski definition) is 2. The molecule has 0 aliphatic rings. The lowest BCUT2D eigenvalue weighted by Gasteiger charge is -2.18. The van der Waals surface area contributed by atoms with Crippen molar-refractivity contribution in [2.75, 3.05) is 20.3 Å². The van der Waals surface area contributed by atoms with Gasteiger partial charge in [0.15, 0.2) is 0 Å². The molecular formula is C12H17BrFNO. The molecular weight excluding hydrogens is 273 g/mol. The summed E-state index contributed by atoms with van der Waals surface area (Å²) in [7, 11) is 1.80. The van der Waals surface area contributed by atoms with Crippen molar-refractivity contribution in [3.8, 4) is 0 Å². The van der Waals surface area contributed by atoms with Gasteiger partial charge in [-0.1, -0.05) is 28.9 Å². The van der Waals surface area contributed by atoms with E-state index in [1.807, 2.05) is 13.0 Å². The third kappa shape index (κ3) is 3.54. The van der Waals surface area contributed by atoms with Gasteiger partial charge in [0.2, 0.25) is 0 Å². The van der Waals surface area contributed by atoms with Crippen molar-refractivity contribution in [1.82, 2.24) is 5.32 Å². The summed E-state index contributed by atoms with van der Waals surface area (Å²) in [6, 6.07) is 4.86. The third-order valence-corrected chi connectivity index (χ3v) is 3.02. The lowest BCUT2D eigenvalue weighted by molar-refractivity contribution is 0.113. The second-order valence-corrected chi connectivity index (χ2v) is 4.41. The highest BCUT2D eigenvalue weighted by molar-refractivity contribution is 9.10. The third-order valence-electron chi connectivity index (χ3n) is 2.33. The van der Waals surface area contributed by atoms with Crippen LogP contribution >= 0.6 is 15.9 Å². The highest BCUT2D eigenvalue weighted by atomic mass is 79.9. The van der Waals surface area contributed by atoms with Crippen molar-refractivity contribution in [3.63, 3.8) is 0 Å². The molecule has 0 amide bonds. The lowest BCUT2D eigenvalue weighted by Crippen LogP contribution is -2.23. The van der Waals surface area contributed by atoms with Crippen molar-refractivity contribution in [1.29, 1.82) is 0 Å². The standard InChI is InChI=1S/C12H17BrFNO/c1-3-7-16-8-11(15-2)12-9(13)5-4-6-10(12)14/h4-6,11,15H,3,7-8H2,1-2H3. The largest absolute Gasteiger partial charge is 0.379 e. The molecule has 0 fully saturated rings. The van der Waals surface area contributed by atoms with Crippen LogP contribution in [0.4, 0.5) is 4.39 Å². The summed E-state index contributed by atoms with van der Waals surface area (Å²) in [5.41, 5.74) is 0.626. The zero-order valence-electron chi connectivity index (χ0n) is 9.59. The molecule has 0 saturated carbocycles. The van der Waals surface area contributed by atoms with Crippen molar-refractivity contribution < 1.29 is 9.13 Å². The summed E-state index contributed by atoms with van der Waals surface area (Å²) < 4.78 is 19.9. The van der Waals surface area contributed by atoms with Gasteiger partial charge in [0.1, 0.15) is 5.82 Å². The van der Waals surface area contributed by atoms with E-state index in [0.717, 1.165) is 10.9 Å². The Bertz CT molecular complexity index is 313. The molecule has 1 aromatic rings. The number of likely N-dealkylation sites (N-methyl/N-ethyl adjacent to an activating group) is 1. The molecule has 4 heteroatoms. The minimum absolute atomic E-state index is 0.123. The molecule has 16 heavy (non-hydrogen) atoms. The average Bonchev–Trinajstić information content (AvgIpc) is 2.26. The molecule has 1 N–H and O–H groups in total. The van der Waals surface area contributed by atoms with Gasteiger partial charge in [0.25, 0.3) is 0 Å². The van der Waals surface area contributed by atoms with Gasteiger partial charge in [-0.3, -0.25) is 0 Å². The van der Waals surface area contributed by atoms with Crippen molar-refractivity contribution in [2.45, 2.75) is 19.4 Å². The monoisotopic (exact) mass is 289 g/mol. The van der Waals surface area contributed by atoms with Gasteiger partial charge in [-0.05, 0) is 25.6 Å². The van der Waals surface area contributed by atoms with Crippen LogP contribution in [-0.2, 0) is 4.74 Å². The minimum Gasteiger partial charge on any atom is -0.379 e. The van der Waals surface area contributed by atoms with Crippen LogP contribution in [0.5, 0.6) is 0 Å². The van der Waals surface area contributed by atoms with Gasteiger partial charge >= 0.3 is 0 Å². The van der Waals surface area contributed by atoms with Gasteiger partial charge in [0, 0.05) is 16.6 Å². The van der Waals surface area contributed by atoms with E-state index in [4.69, 9.17) is 4.74 Å². The molecule has 1 unspecified atom stereocenters. The number of rotatable bonds is 6. The molecule has 90 valence electrons. The first-order chi connectivity index (χ1) is 7.70. The molecule has 2 nitrogen and oxygen atoms in total. The molecule has 0 saturated heterocycles. The van der Waals surface area contributed by atoms with E-state index in [1.165, 1.54) is 6.07 Å². The Hall–Kier alpha value is -0.450. The first-order valence-corrected chi connectivity index (χ1v) is 6.19. The van der Waals surface area contributed by atoms with Crippen LogP contribution in [0.15, 0.2) is 22.7 Å². The Labute approximate surface area is 104 Å². The van der Waals surface area contributed by atoms with Crippen LogP contribution in [-0.4, -0.2) is 20.3 Å². The first-order valence-electron chi connectivity index (χ1n) is 5.39. The van der Waals surface area contributed by atoms with Gasteiger partial charge < -0.3 is 10.1 Å². The molecule has 0 radical (unpaired) electrons. The highest BCUT2D eigenvalue weighted by Gasteiger charge is 2.16. The fraction of sp³-hybridized carbons (Fsp3) is 0.500. The minimum atomic E-state index is -0.214. The molecule has 0 spiro atoms. The summed E-state index contributed by atoms with van der Waals surface area (Å²) in [6.07, 6.45) is 0.967. The summed E-state index contributed by atoms with van der Waals surface area (Å²) in [5.74, 6) is -0.214. The Balaban J connectivity index is 2.78. The molecule has 1 rings (SSSR count). The Kier molecular flexibility index (Phi) is 5.95. The number of ether oxygens (including phenoxy) is 1. The van der Waals surface area contributed by atoms with Gasteiger partial charge in [-0.2, -0.15) is 0 Å². The SMILES string of the molecule is CCCOCC(NC)c1c(F)cccc1Br. The molecule has 0 aromatic heterocycles. The second-order valence-electron chi connectivity index (χ2n) is 3.55. The predicted octanol–water partition coefficient (Wildman–Crippen LogP) is 3.28. The summed E-state index contributed by atoms with van der Waals surface area (Å²) in [6.45, 7) is 3.22. The Morgan fingerprint density at radius 3 is 2.81 bits per heavy atom. The Morgan fingerprint density at radius 2 is 2.25 bits per heavy atom. The molecule has 0 aliphatic carbocycles. The summed E-state index contributed by atoms with van der Waals surface area (Å²) in [4.78, 5) is 0. The smallest absolute Gasteiger partial charge is 0.129 e. The zero-order chi connectivity index (χ0) is 12.0. The number of hydrogen-bond donors (Lipinski definition) is 1. The molecule has 0 bridgehead atoms. The normalized spacial score (nSPS) is 12.8. The molecule has 1 aromatic carbocycles. The molecule has 0 aliphatic heterocycles. The van der Waals surface area contributed by atoms with Crippen LogP contribution in [0.2, 0.25) is 0 Å². The van der Waals surface area contributed by atoms with E-state index in [-0.39, 0.29) is 11.9 Å². The van der Waals surface area contributed by atoms with E-state index in [1.54, 1.807) is 13.1 Å². The maximum Gasteiger partial charge on any atom is 0.129 e. The zero-order valence-corrected chi connectivity index (χ0v) is 11.2. The van der Waals surface area contributed by atoms with E-state index >= 15 is 0 Å². The van der Waals surface area contributed by atoms with Crippen LogP contribution in [0.1, 0.15) is 24.9 Å². The Morgan fingerprint density at radius 1 is 1.50 bits per heavy atom. The number of halogens is 2. The number of nitrogens with one attached hydrogen (secondary N) is 1. The first kappa shape index (κ1) is 13.6. The maximum absolute atomic E-state index is 13.7. The predicted molar refractivity (Wildman–Crippen MR) is 67.0 cm³/mol. The molecule has 1 atom stereocenters. The quantitative estimate of drug-likeness (QED) is 0.812. The highest BCUT2D eigenvalue weighted by Crippen LogP contribution is 2.26. The lowest BCUT2D eigenvalue weighted by atomic mass is 10.1. The van der Waals surface area contributed by atoms with Crippen LogP contribution < -0.4 is 5.32 Å². The van der Waals surface area contributed by atoms with Gasteiger partial charge in [-0.25, -0.2) is 4.39 Å². The van der Waals surface area contributed by atoms with Crippen molar-refractivity contribution >= 4 is 15.9 Å². The summed E-state index contributed by atoms with van der Waals surface area (Å²) in [5, 5.41) is 3.06. The number of benzene rings is 1. The van der Waals surface area contributed by atoms with E-state index < -0.39 is 0 Å². The topological polar surface area (TPSA) is 21.3 Å². The fourth-order valence-electron chi connectivity index (χ4n) is 1.50. The van der Waals surface area contributed by atoms with Crippen LogP contribution in [0, 0.1) is 5.82 Å². The van der Waals surface area contributed by atoms with Gasteiger partial charge in [-0.15, -0.1) is 0 Å². The maximum atomic E-state index is 13.7. The van der Waals surface area contributed by atoms with Crippen LogP contribution in [0.3, 0.4) is 0 Å². The average molecular weight is 290 g/mol. The van der Waals surface area contributed by atoms with Gasteiger partial charge in [0.05, 0.1) is 12.6 Å². The van der Waals surface area contributed by atoms with E-state index in [9.17, 15) is 4.39 Å². The van der Waals surface area contributed by atoms with Crippen molar-refractivity contribution in [3.05, 3.63) is 34.1 Å². The van der Waals surface area contributed by atoms with Crippen molar-refractivity contribution in [2.24, 2.45) is 0 Å². The second kappa shape index (κ2) is 6.99. The molecule has 0 heterocycles. The van der Waals surface area contributed by atoms with E-state index in [2.05, 4.69) is 21.2 Å². The van der Waals surface area contributed by atoms with Crippen LogP contribution in [0.25, 0.3) is 0 Å². The fourth-order valence-corrected chi connectivity index (χ4v) is 2.12.